The van der Waals surface area contributed by atoms with Gasteiger partial charge in [0, 0.05) is 5.38 Å². The number of para-hydroxylation sites is 2. The molecule has 0 spiro atoms. The van der Waals surface area contributed by atoms with Crippen LogP contribution in [-0.2, 0) is 11.4 Å². The van der Waals surface area contributed by atoms with Crippen molar-refractivity contribution in [3.63, 3.8) is 0 Å². The van der Waals surface area contributed by atoms with E-state index in [1.54, 1.807) is 48.0 Å². The van der Waals surface area contributed by atoms with Crippen LogP contribution in [0.2, 0.25) is 0 Å². The summed E-state index contributed by atoms with van der Waals surface area (Å²) >= 11 is 1.50. The standard InChI is InChI=1S/C18H16N2O3S/c21-17(13-6-2-1-3-7-13)18(22)20-15-8-4-5-9-16(15)23-10-14-11-24-12-19-14/h1-9,11-12,17,21H,10H2,(H,20,22). The molecule has 0 saturated carbocycles. The second kappa shape index (κ2) is 7.72. The molecular formula is C18H16N2O3S. The first-order valence-electron chi connectivity index (χ1n) is 7.37. The van der Waals surface area contributed by atoms with Crippen molar-refractivity contribution in [2.45, 2.75) is 12.7 Å². The molecule has 3 aromatic rings. The zero-order valence-corrected chi connectivity index (χ0v) is 13.6. The molecule has 0 radical (unpaired) electrons. The van der Waals surface area contributed by atoms with E-state index >= 15 is 0 Å². The maximum absolute atomic E-state index is 12.3. The summed E-state index contributed by atoms with van der Waals surface area (Å²) in [6, 6.07) is 15.9. The quantitative estimate of drug-likeness (QED) is 0.721. The molecule has 1 atom stereocenters. The number of aliphatic hydroxyl groups excluding tert-OH is 1. The summed E-state index contributed by atoms with van der Waals surface area (Å²) in [5.41, 5.74) is 3.61. The molecule has 1 unspecified atom stereocenters. The molecule has 6 heteroatoms. The molecule has 2 N–H and O–H groups in total. The maximum atomic E-state index is 12.3. The Morgan fingerprint density at radius 3 is 2.67 bits per heavy atom. The number of aromatic nitrogens is 1. The van der Waals surface area contributed by atoms with Gasteiger partial charge in [-0.1, -0.05) is 42.5 Å². The monoisotopic (exact) mass is 340 g/mol. The van der Waals surface area contributed by atoms with E-state index in [1.165, 1.54) is 11.3 Å². The third-order valence-electron chi connectivity index (χ3n) is 3.37. The predicted molar refractivity (Wildman–Crippen MR) is 92.9 cm³/mol. The van der Waals surface area contributed by atoms with Crippen LogP contribution in [0.25, 0.3) is 0 Å². The lowest BCUT2D eigenvalue weighted by molar-refractivity contribution is -0.124. The first-order valence-corrected chi connectivity index (χ1v) is 8.31. The van der Waals surface area contributed by atoms with E-state index in [-0.39, 0.29) is 0 Å². The van der Waals surface area contributed by atoms with Crippen LogP contribution in [0.15, 0.2) is 65.5 Å². The van der Waals surface area contributed by atoms with Gasteiger partial charge in [0.15, 0.2) is 6.10 Å². The van der Waals surface area contributed by atoms with Crippen molar-refractivity contribution in [1.29, 1.82) is 0 Å². The van der Waals surface area contributed by atoms with E-state index in [0.717, 1.165) is 5.69 Å². The average molecular weight is 340 g/mol. The third kappa shape index (κ3) is 3.98. The van der Waals surface area contributed by atoms with Crippen LogP contribution in [-0.4, -0.2) is 16.0 Å². The van der Waals surface area contributed by atoms with Gasteiger partial charge in [-0.15, -0.1) is 11.3 Å². The molecule has 0 bridgehead atoms. The van der Waals surface area contributed by atoms with Gasteiger partial charge in [-0.25, -0.2) is 4.98 Å². The van der Waals surface area contributed by atoms with Gasteiger partial charge in [0.1, 0.15) is 12.4 Å². The Hall–Kier alpha value is -2.70. The van der Waals surface area contributed by atoms with Gasteiger partial charge >= 0.3 is 0 Å². The zero-order chi connectivity index (χ0) is 16.8. The van der Waals surface area contributed by atoms with Gasteiger partial charge in [0.25, 0.3) is 5.91 Å². The number of nitrogens with one attached hydrogen (secondary N) is 1. The van der Waals surface area contributed by atoms with E-state index in [9.17, 15) is 9.90 Å². The Morgan fingerprint density at radius 1 is 1.17 bits per heavy atom. The van der Waals surface area contributed by atoms with Crippen LogP contribution in [0.4, 0.5) is 5.69 Å². The van der Waals surface area contributed by atoms with Gasteiger partial charge in [-0.2, -0.15) is 0 Å². The summed E-state index contributed by atoms with van der Waals surface area (Å²) < 4.78 is 5.72. The minimum atomic E-state index is -1.24. The first-order chi connectivity index (χ1) is 11.7. The Labute approximate surface area is 143 Å². The maximum Gasteiger partial charge on any atom is 0.257 e. The minimum Gasteiger partial charge on any atom is -0.485 e. The zero-order valence-electron chi connectivity index (χ0n) is 12.8. The molecule has 1 heterocycles. The number of thiazole rings is 1. The summed E-state index contributed by atoms with van der Waals surface area (Å²) in [5, 5.41) is 14.8. The largest absolute Gasteiger partial charge is 0.485 e. The molecule has 1 aromatic heterocycles. The predicted octanol–water partition coefficient (Wildman–Crippen LogP) is 3.39. The molecule has 5 nitrogen and oxygen atoms in total. The number of ether oxygens (including phenoxy) is 1. The van der Waals surface area contributed by atoms with E-state index in [1.807, 2.05) is 17.5 Å². The number of hydrogen-bond acceptors (Lipinski definition) is 5. The van der Waals surface area contributed by atoms with Crippen molar-refractivity contribution in [2.75, 3.05) is 5.32 Å². The lowest BCUT2D eigenvalue weighted by atomic mass is 10.1. The Kier molecular flexibility index (Phi) is 5.20. The van der Waals surface area contributed by atoms with Crippen molar-refractivity contribution >= 4 is 22.9 Å². The Balaban J connectivity index is 1.69. The Bertz CT molecular complexity index is 791. The van der Waals surface area contributed by atoms with Crippen molar-refractivity contribution < 1.29 is 14.6 Å². The van der Waals surface area contributed by atoms with E-state index < -0.39 is 12.0 Å². The first kappa shape index (κ1) is 16.2. The second-order valence-electron chi connectivity index (χ2n) is 5.07. The molecule has 0 aliphatic rings. The van der Waals surface area contributed by atoms with Crippen molar-refractivity contribution in [2.24, 2.45) is 0 Å². The van der Waals surface area contributed by atoms with Gasteiger partial charge in [-0.05, 0) is 17.7 Å². The fraction of sp³-hybridized carbons (Fsp3) is 0.111. The summed E-state index contributed by atoms with van der Waals surface area (Å²) in [6.07, 6.45) is -1.24. The highest BCUT2D eigenvalue weighted by atomic mass is 32.1. The third-order valence-corrected chi connectivity index (χ3v) is 4.00. The smallest absolute Gasteiger partial charge is 0.257 e. The number of carbonyl (C=O) groups excluding carboxylic acids is 1. The molecule has 2 aromatic carbocycles. The van der Waals surface area contributed by atoms with Crippen molar-refractivity contribution in [3.05, 3.63) is 76.7 Å². The molecular weight excluding hydrogens is 324 g/mol. The molecule has 24 heavy (non-hydrogen) atoms. The average Bonchev–Trinajstić information content (AvgIpc) is 3.14. The number of hydrogen-bond donors (Lipinski definition) is 2. The van der Waals surface area contributed by atoms with Crippen molar-refractivity contribution in [1.82, 2.24) is 4.98 Å². The van der Waals surface area contributed by atoms with Crippen LogP contribution in [0, 0.1) is 0 Å². The van der Waals surface area contributed by atoms with Crippen molar-refractivity contribution in [3.8, 4) is 5.75 Å². The number of rotatable bonds is 6. The Morgan fingerprint density at radius 2 is 1.92 bits per heavy atom. The summed E-state index contributed by atoms with van der Waals surface area (Å²) in [7, 11) is 0. The number of aliphatic hydroxyl groups is 1. The summed E-state index contributed by atoms with van der Waals surface area (Å²) in [5.74, 6) is 0.0185. The number of amides is 1. The highest BCUT2D eigenvalue weighted by molar-refractivity contribution is 7.07. The molecule has 1 amide bonds. The van der Waals surface area contributed by atoms with E-state index in [0.29, 0.717) is 23.6 Å². The second-order valence-corrected chi connectivity index (χ2v) is 5.79. The number of benzene rings is 2. The number of carbonyl (C=O) groups is 1. The number of anilines is 1. The fourth-order valence-corrected chi connectivity index (χ4v) is 2.69. The van der Waals surface area contributed by atoms with Gasteiger partial charge in [-0.3, -0.25) is 4.79 Å². The summed E-state index contributed by atoms with van der Waals surface area (Å²) in [6.45, 7) is 0.317. The molecule has 3 rings (SSSR count). The topological polar surface area (TPSA) is 71.5 Å². The van der Waals surface area contributed by atoms with Crippen LogP contribution < -0.4 is 10.1 Å². The lowest BCUT2D eigenvalue weighted by Gasteiger charge is -2.14. The minimum absolute atomic E-state index is 0.317. The fourth-order valence-electron chi connectivity index (χ4n) is 2.14. The van der Waals surface area contributed by atoms with Gasteiger partial charge in [0.05, 0.1) is 16.9 Å². The molecule has 0 saturated heterocycles. The lowest BCUT2D eigenvalue weighted by Crippen LogP contribution is -2.21. The highest BCUT2D eigenvalue weighted by Gasteiger charge is 2.18. The van der Waals surface area contributed by atoms with E-state index in [4.69, 9.17) is 4.74 Å². The van der Waals surface area contributed by atoms with E-state index in [2.05, 4.69) is 10.3 Å². The summed E-state index contributed by atoms with van der Waals surface area (Å²) in [4.78, 5) is 16.4. The van der Waals surface area contributed by atoms with Gasteiger partial charge < -0.3 is 15.2 Å². The van der Waals surface area contributed by atoms with Crippen LogP contribution in [0.3, 0.4) is 0 Å². The molecule has 122 valence electrons. The van der Waals surface area contributed by atoms with Gasteiger partial charge in [0.2, 0.25) is 0 Å². The van der Waals surface area contributed by atoms with Crippen LogP contribution in [0.1, 0.15) is 17.4 Å². The normalized spacial score (nSPS) is 11.7. The SMILES string of the molecule is O=C(Nc1ccccc1OCc1cscn1)C(O)c1ccccc1. The molecule has 0 aliphatic heterocycles. The van der Waals surface area contributed by atoms with Crippen LogP contribution >= 0.6 is 11.3 Å². The highest BCUT2D eigenvalue weighted by Crippen LogP contribution is 2.26. The van der Waals surface area contributed by atoms with Crippen LogP contribution in [0.5, 0.6) is 5.75 Å². The number of nitrogens with zero attached hydrogens (tertiary/aromatic N) is 1. The molecule has 0 fully saturated rings. The molecule has 0 aliphatic carbocycles.